The Bertz CT molecular complexity index is 551. The summed E-state index contributed by atoms with van der Waals surface area (Å²) in [5, 5.41) is 20.2. The normalized spacial score (nSPS) is 8.65. The largest absolute Gasteiger partial charge is 0.365 e. The molecule has 1 aromatic carbocycles. The number of carbonyl (C=O) groups is 1. The van der Waals surface area contributed by atoms with Gasteiger partial charge in [-0.1, -0.05) is 6.07 Å². The maximum atomic E-state index is 13.3. The van der Waals surface area contributed by atoms with Crippen LogP contribution in [-0.4, -0.2) is 11.6 Å². The van der Waals surface area contributed by atoms with Crippen LogP contribution in [-0.2, 0) is 0 Å². The highest BCUT2D eigenvalue weighted by Gasteiger charge is 2.13. The van der Waals surface area contributed by atoms with Crippen molar-refractivity contribution in [3.63, 3.8) is 0 Å². The molecule has 0 bridgehead atoms. The minimum atomic E-state index is -0.976. The van der Waals surface area contributed by atoms with Gasteiger partial charge in [-0.25, -0.2) is 4.39 Å². The lowest BCUT2D eigenvalue weighted by Crippen LogP contribution is -2.15. The van der Waals surface area contributed by atoms with Crippen LogP contribution in [0.15, 0.2) is 23.3 Å². The molecule has 0 heterocycles. The molecule has 0 atom stereocenters. The van der Waals surface area contributed by atoms with Crippen molar-refractivity contribution < 1.29 is 9.18 Å². The summed E-state index contributed by atoms with van der Waals surface area (Å²) in [7, 11) is 0. The van der Waals surface area contributed by atoms with Gasteiger partial charge < -0.3 is 5.73 Å². The van der Waals surface area contributed by atoms with Crippen LogP contribution in [0.3, 0.4) is 0 Å². The van der Waals surface area contributed by atoms with E-state index in [2.05, 4.69) is 10.5 Å². The molecular weight excluding hydrogens is 225 g/mol. The highest BCUT2D eigenvalue weighted by atomic mass is 19.1. The van der Waals surface area contributed by atoms with Crippen molar-refractivity contribution in [3.8, 4) is 12.1 Å². The number of amides is 1. The van der Waals surface area contributed by atoms with Gasteiger partial charge in [0.15, 0.2) is 0 Å². The molecule has 1 rings (SSSR count). The summed E-state index contributed by atoms with van der Waals surface area (Å²) < 4.78 is 13.3. The van der Waals surface area contributed by atoms with E-state index in [1.807, 2.05) is 0 Å². The van der Waals surface area contributed by atoms with Crippen LogP contribution in [0.2, 0.25) is 0 Å². The van der Waals surface area contributed by atoms with Crippen molar-refractivity contribution in [2.45, 2.75) is 0 Å². The minimum absolute atomic E-state index is 0.0134. The molecule has 0 aromatic heterocycles. The third kappa shape index (κ3) is 2.76. The van der Waals surface area contributed by atoms with Gasteiger partial charge in [-0.2, -0.15) is 15.6 Å². The Morgan fingerprint density at radius 1 is 1.41 bits per heavy atom. The molecular formula is C10H6FN5O. The third-order valence-corrected chi connectivity index (χ3v) is 1.76. The summed E-state index contributed by atoms with van der Waals surface area (Å²) in [5.41, 5.74) is 6.38. The van der Waals surface area contributed by atoms with E-state index in [0.717, 1.165) is 6.07 Å². The first-order valence-corrected chi connectivity index (χ1v) is 4.32. The van der Waals surface area contributed by atoms with Crippen LogP contribution in [0.1, 0.15) is 10.4 Å². The highest BCUT2D eigenvalue weighted by Crippen LogP contribution is 2.18. The lowest BCUT2D eigenvalue weighted by molar-refractivity contribution is 0.0997. The summed E-state index contributed by atoms with van der Waals surface area (Å²) in [6, 6.07) is 6.74. The smallest absolute Gasteiger partial charge is 0.253 e. The van der Waals surface area contributed by atoms with E-state index in [4.69, 9.17) is 16.3 Å². The van der Waals surface area contributed by atoms with Gasteiger partial charge in [-0.15, -0.1) is 0 Å². The molecule has 0 saturated heterocycles. The van der Waals surface area contributed by atoms with Gasteiger partial charge in [0.2, 0.25) is 5.71 Å². The van der Waals surface area contributed by atoms with Crippen molar-refractivity contribution in [1.29, 1.82) is 10.5 Å². The molecule has 3 N–H and O–H groups in total. The number of carbonyl (C=O) groups excluding carboxylic acids is 1. The number of hydrazone groups is 1. The first kappa shape index (κ1) is 12.1. The number of nitrogens with two attached hydrogens (primary N) is 1. The summed E-state index contributed by atoms with van der Waals surface area (Å²) in [6.45, 7) is 0. The zero-order valence-electron chi connectivity index (χ0n) is 8.44. The first-order valence-electron chi connectivity index (χ1n) is 4.32. The zero-order valence-corrected chi connectivity index (χ0v) is 8.44. The maximum absolute atomic E-state index is 13.3. The predicted molar refractivity (Wildman–Crippen MR) is 57.2 cm³/mol. The van der Waals surface area contributed by atoms with Crippen LogP contribution in [0, 0.1) is 28.5 Å². The first-order chi connectivity index (χ1) is 8.10. The molecule has 0 saturated carbocycles. The van der Waals surface area contributed by atoms with Gasteiger partial charge in [0.05, 0.1) is 11.3 Å². The monoisotopic (exact) mass is 231 g/mol. The summed E-state index contributed by atoms with van der Waals surface area (Å²) in [4.78, 5) is 11.0. The van der Waals surface area contributed by atoms with Crippen LogP contribution < -0.4 is 11.2 Å². The number of hydrogen-bond donors (Lipinski definition) is 2. The van der Waals surface area contributed by atoms with E-state index in [9.17, 15) is 9.18 Å². The Balaban J connectivity index is 3.14. The van der Waals surface area contributed by atoms with E-state index >= 15 is 0 Å². The van der Waals surface area contributed by atoms with E-state index in [1.54, 1.807) is 0 Å². The fourth-order valence-corrected chi connectivity index (χ4v) is 1.06. The molecule has 0 aliphatic heterocycles. The fraction of sp³-hybridized carbons (Fsp3) is 0. The molecule has 84 valence electrons. The summed E-state index contributed by atoms with van der Waals surface area (Å²) in [6.07, 6.45) is 0. The van der Waals surface area contributed by atoms with Gasteiger partial charge in [0, 0.05) is 0 Å². The van der Waals surface area contributed by atoms with Crippen LogP contribution in [0.5, 0.6) is 0 Å². The molecule has 0 spiro atoms. The van der Waals surface area contributed by atoms with E-state index in [0.29, 0.717) is 0 Å². The number of benzene rings is 1. The van der Waals surface area contributed by atoms with Crippen molar-refractivity contribution >= 4 is 17.3 Å². The van der Waals surface area contributed by atoms with Gasteiger partial charge in [0.25, 0.3) is 5.91 Å². The average molecular weight is 231 g/mol. The Morgan fingerprint density at radius 2 is 2.06 bits per heavy atom. The van der Waals surface area contributed by atoms with Crippen LogP contribution >= 0.6 is 0 Å². The second kappa shape index (κ2) is 5.24. The van der Waals surface area contributed by atoms with Crippen molar-refractivity contribution in [2.75, 3.05) is 5.43 Å². The van der Waals surface area contributed by atoms with Gasteiger partial charge >= 0.3 is 0 Å². The summed E-state index contributed by atoms with van der Waals surface area (Å²) >= 11 is 0. The molecule has 1 amide bonds. The van der Waals surface area contributed by atoms with Gasteiger partial charge in [0.1, 0.15) is 18.0 Å². The number of nitrogens with zero attached hydrogens (tertiary/aromatic N) is 3. The molecule has 7 heteroatoms. The third-order valence-electron chi connectivity index (χ3n) is 1.76. The Hall–Kier alpha value is -2.93. The fourth-order valence-electron chi connectivity index (χ4n) is 1.06. The number of primary amides is 1. The van der Waals surface area contributed by atoms with E-state index in [1.165, 1.54) is 24.3 Å². The number of nitriles is 2. The zero-order chi connectivity index (χ0) is 12.8. The van der Waals surface area contributed by atoms with Crippen molar-refractivity contribution in [2.24, 2.45) is 10.8 Å². The number of rotatable bonds is 3. The lowest BCUT2D eigenvalue weighted by atomic mass is 10.1. The van der Waals surface area contributed by atoms with E-state index in [-0.39, 0.29) is 11.3 Å². The second-order valence-electron chi connectivity index (χ2n) is 2.82. The average Bonchev–Trinajstić information content (AvgIpc) is 2.29. The van der Waals surface area contributed by atoms with Crippen LogP contribution in [0.4, 0.5) is 10.1 Å². The number of anilines is 1. The number of hydrogen-bond acceptors (Lipinski definition) is 5. The topological polar surface area (TPSA) is 115 Å². The SMILES string of the molecule is N#CC(C#N)=NNc1cccc(F)c1C(N)=O. The summed E-state index contributed by atoms with van der Waals surface area (Å²) in [5.74, 6) is -1.79. The number of halogens is 1. The van der Waals surface area contributed by atoms with Crippen molar-refractivity contribution in [1.82, 2.24) is 0 Å². The van der Waals surface area contributed by atoms with Crippen LogP contribution in [0.25, 0.3) is 0 Å². The molecule has 0 fully saturated rings. The Labute approximate surface area is 95.8 Å². The Kier molecular flexibility index (Phi) is 3.74. The van der Waals surface area contributed by atoms with Gasteiger partial charge in [-0.05, 0) is 12.1 Å². The molecule has 1 aromatic rings. The second-order valence-corrected chi connectivity index (χ2v) is 2.82. The quantitative estimate of drug-likeness (QED) is 0.589. The molecule has 0 radical (unpaired) electrons. The predicted octanol–water partition coefficient (Wildman–Crippen LogP) is 0.740. The highest BCUT2D eigenvalue weighted by molar-refractivity contribution is 6.10. The number of nitrogens with one attached hydrogen (secondary N) is 1. The maximum Gasteiger partial charge on any atom is 0.253 e. The van der Waals surface area contributed by atoms with E-state index < -0.39 is 17.4 Å². The minimum Gasteiger partial charge on any atom is -0.365 e. The van der Waals surface area contributed by atoms with Crippen molar-refractivity contribution in [3.05, 3.63) is 29.6 Å². The lowest BCUT2D eigenvalue weighted by Gasteiger charge is -2.05. The molecule has 0 unspecified atom stereocenters. The molecule has 17 heavy (non-hydrogen) atoms. The standard InChI is InChI=1S/C10H6FN5O/c11-7-2-1-3-8(9(7)10(14)17)16-15-6(4-12)5-13/h1-3,16H,(H2,14,17). The Morgan fingerprint density at radius 3 is 2.59 bits per heavy atom. The molecule has 0 aliphatic rings. The molecule has 0 aliphatic carbocycles. The molecule has 6 nitrogen and oxygen atoms in total. The van der Waals surface area contributed by atoms with Gasteiger partial charge in [-0.3, -0.25) is 10.2 Å².